The number of amides is 2. The lowest BCUT2D eigenvalue weighted by atomic mass is 10.00. The van der Waals surface area contributed by atoms with Crippen molar-refractivity contribution in [3.05, 3.63) is 47.8 Å². The van der Waals surface area contributed by atoms with Crippen LogP contribution in [0.1, 0.15) is 29.9 Å². The van der Waals surface area contributed by atoms with Gasteiger partial charge in [-0.05, 0) is 26.0 Å². The van der Waals surface area contributed by atoms with Gasteiger partial charge in [-0.25, -0.2) is 4.68 Å². The molecule has 1 N–H and O–H groups in total. The number of carbonyl (C=O) groups excluding carboxylic acids is 2. The number of rotatable bonds is 3. The van der Waals surface area contributed by atoms with E-state index in [1.54, 1.807) is 15.8 Å². The molecule has 136 valence electrons. The predicted octanol–water partition coefficient (Wildman–Crippen LogP) is 1.04. The van der Waals surface area contributed by atoms with Crippen LogP contribution in [0, 0.1) is 0 Å². The van der Waals surface area contributed by atoms with E-state index in [4.69, 9.17) is 0 Å². The van der Waals surface area contributed by atoms with Gasteiger partial charge in [0.25, 0.3) is 5.91 Å². The molecule has 1 aromatic heterocycles. The van der Waals surface area contributed by atoms with Gasteiger partial charge in [-0.2, -0.15) is 5.10 Å². The zero-order valence-corrected chi connectivity index (χ0v) is 15.1. The van der Waals surface area contributed by atoms with E-state index >= 15 is 0 Å². The summed E-state index contributed by atoms with van der Waals surface area (Å²) in [7, 11) is 0. The monoisotopic (exact) mass is 353 g/mol. The normalized spacial score (nSPS) is 18.9. The Morgan fingerprint density at radius 1 is 1.27 bits per heavy atom. The molecule has 2 amide bonds. The molecule has 0 unspecified atom stereocenters. The second-order valence-electron chi connectivity index (χ2n) is 7.45. The summed E-state index contributed by atoms with van der Waals surface area (Å²) in [4.78, 5) is 29.0. The van der Waals surface area contributed by atoms with Crippen LogP contribution in [0.4, 0.5) is 0 Å². The minimum atomic E-state index is -0.244. The zero-order valence-electron chi connectivity index (χ0n) is 15.1. The Labute approximate surface area is 152 Å². The Morgan fingerprint density at radius 3 is 2.77 bits per heavy atom. The van der Waals surface area contributed by atoms with Crippen molar-refractivity contribution in [2.45, 2.75) is 25.9 Å². The maximum absolute atomic E-state index is 12.8. The third kappa shape index (κ3) is 2.78. The SMILES string of the molecule is CC1(C)CNCCN1C(=O)CN1Cc2c(cnn2-c2ccccc2)C1=O. The van der Waals surface area contributed by atoms with E-state index in [9.17, 15) is 9.59 Å². The van der Waals surface area contributed by atoms with Crippen LogP contribution >= 0.6 is 0 Å². The lowest BCUT2D eigenvalue weighted by molar-refractivity contribution is -0.138. The summed E-state index contributed by atoms with van der Waals surface area (Å²) in [6.45, 7) is 6.81. The van der Waals surface area contributed by atoms with Crippen molar-refractivity contribution in [1.82, 2.24) is 24.9 Å². The van der Waals surface area contributed by atoms with Crippen molar-refractivity contribution < 1.29 is 9.59 Å². The first-order chi connectivity index (χ1) is 12.5. The smallest absolute Gasteiger partial charge is 0.258 e. The van der Waals surface area contributed by atoms with Crippen LogP contribution in [0.15, 0.2) is 36.5 Å². The third-order valence-electron chi connectivity index (χ3n) is 5.16. The first-order valence-corrected chi connectivity index (χ1v) is 8.90. The summed E-state index contributed by atoms with van der Waals surface area (Å²) in [5.41, 5.74) is 2.10. The Balaban J connectivity index is 1.52. The average Bonchev–Trinajstić information content (AvgIpc) is 3.16. The summed E-state index contributed by atoms with van der Waals surface area (Å²) in [6, 6.07) is 9.73. The number of para-hydroxylation sites is 1. The number of aromatic nitrogens is 2. The van der Waals surface area contributed by atoms with Gasteiger partial charge in [-0.1, -0.05) is 18.2 Å². The summed E-state index contributed by atoms with van der Waals surface area (Å²) >= 11 is 0. The quantitative estimate of drug-likeness (QED) is 0.895. The number of piperazine rings is 1. The van der Waals surface area contributed by atoms with E-state index < -0.39 is 0 Å². The molecule has 2 aliphatic heterocycles. The van der Waals surface area contributed by atoms with Crippen molar-refractivity contribution in [3.63, 3.8) is 0 Å². The van der Waals surface area contributed by atoms with Crippen LogP contribution < -0.4 is 5.32 Å². The maximum atomic E-state index is 12.8. The maximum Gasteiger partial charge on any atom is 0.258 e. The topological polar surface area (TPSA) is 70.5 Å². The van der Waals surface area contributed by atoms with Gasteiger partial charge in [0.05, 0.1) is 29.7 Å². The van der Waals surface area contributed by atoms with Crippen LogP contribution in [0.25, 0.3) is 5.69 Å². The van der Waals surface area contributed by atoms with E-state index in [1.165, 1.54) is 0 Å². The molecule has 0 spiro atoms. The molecule has 2 aromatic rings. The van der Waals surface area contributed by atoms with Gasteiger partial charge in [0.1, 0.15) is 6.54 Å². The molecule has 1 aromatic carbocycles. The van der Waals surface area contributed by atoms with Crippen molar-refractivity contribution in [1.29, 1.82) is 0 Å². The van der Waals surface area contributed by atoms with Crippen molar-refractivity contribution >= 4 is 11.8 Å². The van der Waals surface area contributed by atoms with E-state index in [-0.39, 0.29) is 23.9 Å². The first-order valence-electron chi connectivity index (χ1n) is 8.90. The number of nitrogens with one attached hydrogen (secondary N) is 1. The summed E-state index contributed by atoms with van der Waals surface area (Å²) < 4.78 is 1.78. The van der Waals surface area contributed by atoms with Gasteiger partial charge in [-0.3, -0.25) is 9.59 Å². The molecule has 0 saturated carbocycles. The predicted molar refractivity (Wildman–Crippen MR) is 97.0 cm³/mol. The van der Waals surface area contributed by atoms with E-state index in [1.807, 2.05) is 49.1 Å². The fourth-order valence-electron chi connectivity index (χ4n) is 3.74. The second-order valence-corrected chi connectivity index (χ2v) is 7.45. The van der Waals surface area contributed by atoms with E-state index in [0.29, 0.717) is 18.7 Å². The summed E-state index contributed by atoms with van der Waals surface area (Å²) in [6.07, 6.45) is 1.60. The number of nitrogens with zero attached hydrogens (tertiary/aromatic N) is 4. The highest BCUT2D eigenvalue weighted by Gasteiger charge is 2.37. The summed E-state index contributed by atoms with van der Waals surface area (Å²) in [5.74, 6) is -0.127. The molecule has 7 heteroatoms. The van der Waals surface area contributed by atoms with Gasteiger partial charge in [0.15, 0.2) is 0 Å². The molecule has 0 atom stereocenters. The number of hydrogen-bond acceptors (Lipinski definition) is 4. The second kappa shape index (κ2) is 6.25. The minimum Gasteiger partial charge on any atom is -0.333 e. The van der Waals surface area contributed by atoms with Crippen LogP contribution in [-0.4, -0.2) is 63.1 Å². The fourth-order valence-corrected chi connectivity index (χ4v) is 3.74. The molecule has 0 bridgehead atoms. The highest BCUT2D eigenvalue weighted by Crippen LogP contribution is 2.26. The Hall–Kier alpha value is -2.67. The van der Waals surface area contributed by atoms with Crippen LogP contribution in [0.5, 0.6) is 0 Å². The first kappa shape index (κ1) is 16.8. The standard InChI is InChI=1S/C19H23N5O2/c1-19(2)13-20-8-9-23(19)17(25)12-22-11-16-15(18(22)26)10-21-24(16)14-6-4-3-5-7-14/h3-7,10,20H,8-9,11-13H2,1-2H3. The molecule has 1 saturated heterocycles. The fraction of sp³-hybridized carbons (Fsp3) is 0.421. The molecule has 7 nitrogen and oxygen atoms in total. The van der Waals surface area contributed by atoms with Crippen LogP contribution in [0.2, 0.25) is 0 Å². The highest BCUT2D eigenvalue weighted by molar-refractivity contribution is 5.99. The molecule has 0 radical (unpaired) electrons. The Kier molecular flexibility index (Phi) is 4.03. The molecule has 4 rings (SSSR count). The Morgan fingerprint density at radius 2 is 2.04 bits per heavy atom. The van der Waals surface area contributed by atoms with Gasteiger partial charge in [-0.15, -0.1) is 0 Å². The van der Waals surface area contributed by atoms with Crippen molar-refractivity contribution in [3.8, 4) is 5.69 Å². The Bertz CT molecular complexity index is 843. The number of benzene rings is 1. The average molecular weight is 353 g/mol. The molecule has 3 heterocycles. The lowest BCUT2D eigenvalue weighted by Gasteiger charge is -2.43. The zero-order chi connectivity index (χ0) is 18.3. The number of fused-ring (bicyclic) bond motifs is 1. The van der Waals surface area contributed by atoms with Crippen LogP contribution in [0.3, 0.4) is 0 Å². The van der Waals surface area contributed by atoms with Gasteiger partial charge in [0, 0.05) is 25.2 Å². The highest BCUT2D eigenvalue weighted by atomic mass is 16.2. The van der Waals surface area contributed by atoms with Crippen molar-refractivity contribution in [2.24, 2.45) is 0 Å². The molecule has 0 aliphatic carbocycles. The lowest BCUT2D eigenvalue weighted by Crippen LogP contribution is -2.61. The molecule has 1 fully saturated rings. The number of hydrogen-bond donors (Lipinski definition) is 1. The van der Waals surface area contributed by atoms with Gasteiger partial charge in [0.2, 0.25) is 5.91 Å². The molecule has 26 heavy (non-hydrogen) atoms. The molecular formula is C19H23N5O2. The third-order valence-corrected chi connectivity index (χ3v) is 5.16. The van der Waals surface area contributed by atoms with Gasteiger partial charge >= 0.3 is 0 Å². The van der Waals surface area contributed by atoms with Crippen LogP contribution in [-0.2, 0) is 11.3 Å². The molecule has 2 aliphatic rings. The largest absolute Gasteiger partial charge is 0.333 e. The number of carbonyl (C=O) groups is 2. The molecular weight excluding hydrogens is 330 g/mol. The van der Waals surface area contributed by atoms with Crippen molar-refractivity contribution in [2.75, 3.05) is 26.2 Å². The summed E-state index contributed by atoms with van der Waals surface area (Å²) in [5, 5.41) is 7.66. The van der Waals surface area contributed by atoms with E-state index in [2.05, 4.69) is 10.4 Å². The van der Waals surface area contributed by atoms with Gasteiger partial charge < -0.3 is 15.1 Å². The van der Waals surface area contributed by atoms with E-state index in [0.717, 1.165) is 24.5 Å². The minimum absolute atomic E-state index is 0.00535.